The third-order valence-electron chi connectivity index (χ3n) is 2.69. The van der Waals surface area contributed by atoms with E-state index in [1.807, 2.05) is 0 Å². The van der Waals surface area contributed by atoms with Crippen LogP contribution in [-0.2, 0) is 6.42 Å². The van der Waals surface area contributed by atoms with Crippen LogP contribution >= 0.6 is 15.9 Å². The number of alkyl halides is 2. The Morgan fingerprint density at radius 1 is 1.19 bits per heavy atom. The van der Waals surface area contributed by atoms with Crippen molar-refractivity contribution in [2.24, 2.45) is 0 Å². The molecule has 2 aromatic carbocycles. The van der Waals surface area contributed by atoms with Crippen molar-refractivity contribution in [3.63, 3.8) is 0 Å². The lowest BCUT2D eigenvalue weighted by molar-refractivity contribution is -0.0501. The molecule has 110 valence electrons. The summed E-state index contributed by atoms with van der Waals surface area (Å²) in [6, 6.07) is 9.81. The Morgan fingerprint density at radius 2 is 1.90 bits per heavy atom. The van der Waals surface area contributed by atoms with Gasteiger partial charge in [0.05, 0.1) is 5.56 Å². The van der Waals surface area contributed by atoms with Crippen molar-refractivity contribution in [3.8, 4) is 5.75 Å². The minimum atomic E-state index is -3.01. The van der Waals surface area contributed by atoms with E-state index in [0.717, 1.165) is 0 Å². The van der Waals surface area contributed by atoms with Gasteiger partial charge in [-0.2, -0.15) is 8.78 Å². The summed E-state index contributed by atoms with van der Waals surface area (Å²) in [5.41, 5.74) is 0.483. The molecule has 0 fully saturated rings. The smallest absolute Gasteiger partial charge is 0.387 e. The molecule has 21 heavy (non-hydrogen) atoms. The van der Waals surface area contributed by atoms with Gasteiger partial charge in [-0.25, -0.2) is 4.39 Å². The Balaban J connectivity index is 2.24. The molecule has 6 heteroatoms. The molecule has 0 N–H and O–H groups in total. The highest BCUT2D eigenvalue weighted by Gasteiger charge is 2.16. The molecule has 0 radical (unpaired) electrons. The number of benzene rings is 2. The maximum absolute atomic E-state index is 13.3. The fraction of sp³-hybridized carbons (Fsp3) is 0.133. The van der Waals surface area contributed by atoms with E-state index in [1.165, 1.54) is 30.3 Å². The highest BCUT2D eigenvalue weighted by molar-refractivity contribution is 9.10. The molecule has 0 bridgehead atoms. The quantitative estimate of drug-likeness (QED) is 0.729. The number of carbonyl (C=O) groups excluding carboxylic acids is 1. The number of Topliss-reactive ketones (excluding diaryl/α,β-unsaturated/α-hetero) is 1. The van der Waals surface area contributed by atoms with Crippen LogP contribution in [0.15, 0.2) is 46.9 Å². The Bertz CT molecular complexity index is 639. The minimum absolute atomic E-state index is 0.0400. The van der Waals surface area contributed by atoms with Crippen LogP contribution in [0.2, 0.25) is 0 Å². The zero-order chi connectivity index (χ0) is 15.4. The van der Waals surface area contributed by atoms with E-state index >= 15 is 0 Å². The number of para-hydroxylation sites is 1. The molecule has 0 spiro atoms. The van der Waals surface area contributed by atoms with Crippen LogP contribution in [-0.4, -0.2) is 12.4 Å². The van der Waals surface area contributed by atoms with Gasteiger partial charge in [-0.1, -0.05) is 28.1 Å². The van der Waals surface area contributed by atoms with Crippen LogP contribution in [0.25, 0.3) is 0 Å². The molecular weight excluding hydrogens is 349 g/mol. The van der Waals surface area contributed by atoms with Gasteiger partial charge in [0.15, 0.2) is 5.78 Å². The minimum Gasteiger partial charge on any atom is -0.434 e. The molecule has 0 amide bonds. The maximum atomic E-state index is 13.3. The second-order valence-electron chi connectivity index (χ2n) is 4.25. The number of carbonyl (C=O) groups is 1. The summed E-state index contributed by atoms with van der Waals surface area (Å²) in [5.74, 6) is -1.10. The van der Waals surface area contributed by atoms with Crippen LogP contribution in [0.1, 0.15) is 15.9 Å². The summed E-state index contributed by atoms with van der Waals surface area (Å²) in [6.07, 6.45) is -0.111. The second kappa shape index (κ2) is 6.76. The van der Waals surface area contributed by atoms with Crippen molar-refractivity contribution < 1.29 is 22.7 Å². The average Bonchev–Trinajstić information content (AvgIpc) is 2.37. The molecule has 0 aliphatic carbocycles. The predicted octanol–water partition coefficient (Wildman–Crippen LogP) is 4.62. The maximum Gasteiger partial charge on any atom is 0.387 e. The Morgan fingerprint density at radius 3 is 2.57 bits per heavy atom. The first-order chi connectivity index (χ1) is 9.95. The third kappa shape index (κ3) is 4.32. The molecule has 0 saturated carbocycles. The summed E-state index contributed by atoms with van der Waals surface area (Å²) >= 11 is 3.13. The topological polar surface area (TPSA) is 26.3 Å². The number of rotatable bonds is 5. The summed E-state index contributed by atoms with van der Waals surface area (Å²) in [5, 5.41) is 0. The van der Waals surface area contributed by atoms with Crippen LogP contribution in [0, 0.1) is 5.82 Å². The molecule has 0 aliphatic rings. The lowest BCUT2D eigenvalue weighted by atomic mass is 10.0. The van der Waals surface area contributed by atoms with E-state index < -0.39 is 18.2 Å². The highest BCUT2D eigenvalue weighted by Crippen LogP contribution is 2.23. The number of hydrogen-bond acceptors (Lipinski definition) is 2. The van der Waals surface area contributed by atoms with Gasteiger partial charge in [0.1, 0.15) is 11.6 Å². The number of hydrogen-bond donors (Lipinski definition) is 0. The van der Waals surface area contributed by atoms with E-state index in [1.54, 1.807) is 12.1 Å². The van der Waals surface area contributed by atoms with E-state index in [2.05, 4.69) is 20.7 Å². The van der Waals surface area contributed by atoms with Gasteiger partial charge in [0.25, 0.3) is 0 Å². The number of ether oxygens (including phenoxy) is 1. The van der Waals surface area contributed by atoms with Crippen molar-refractivity contribution in [2.75, 3.05) is 0 Å². The normalized spacial score (nSPS) is 10.7. The molecule has 2 rings (SSSR count). The summed E-state index contributed by atoms with van der Waals surface area (Å²) in [4.78, 5) is 12.2. The lowest BCUT2D eigenvalue weighted by Gasteiger charge is -2.10. The highest BCUT2D eigenvalue weighted by atomic mass is 79.9. The van der Waals surface area contributed by atoms with Gasteiger partial charge >= 0.3 is 6.61 Å². The Kier molecular flexibility index (Phi) is 5.01. The van der Waals surface area contributed by atoms with Crippen LogP contribution < -0.4 is 4.74 Å². The molecule has 0 atom stereocenters. The molecule has 0 saturated heterocycles. The van der Waals surface area contributed by atoms with E-state index in [4.69, 9.17) is 0 Å². The van der Waals surface area contributed by atoms with Gasteiger partial charge in [-0.05, 0) is 35.9 Å². The van der Waals surface area contributed by atoms with Crippen molar-refractivity contribution in [1.82, 2.24) is 0 Å². The fourth-order valence-corrected chi connectivity index (χ4v) is 2.40. The van der Waals surface area contributed by atoms with Crippen molar-refractivity contribution in [3.05, 3.63) is 63.9 Å². The second-order valence-corrected chi connectivity index (χ2v) is 5.17. The van der Waals surface area contributed by atoms with Gasteiger partial charge < -0.3 is 4.74 Å². The van der Waals surface area contributed by atoms with Crippen LogP contribution in [0.4, 0.5) is 13.2 Å². The standard InChI is InChI=1S/C15H10BrF3O2/c16-10-5-9(6-11(17)8-10)7-13(20)12-3-1-2-4-14(12)21-15(18)19/h1-6,8,15H,7H2. The zero-order valence-corrected chi connectivity index (χ0v) is 12.2. The van der Waals surface area contributed by atoms with Gasteiger partial charge in [0, 0.05) is 10.9 Å². The van der Waals surface area contributed by atoms with E-state index in [-0.39, 0.29) is 17.7 Å². The molecule has 2 aromatic rings. The van der Waals surface area contributed by atoms with Gasteiger partial charge in [-0.15, -0.1) is 0 Å². The average molecular weight is 359 g/mol. The molecule has 0 heterocycles. The Labute approximate surface area is 127 Å². The first kappa shape index (κ1) is 15.6. The van der Waals surface area contributed by atoms with Crippen LogP contribution in [0.3, 0.4) is 0 Å². The SMILES string of the molecule is O=C(Cc1cc(F)cc(Br)c1)c1ccccc1OC(F)F. The fourth-order valence-electron chi connectivity index (χ4n) is 1.89. The summed E-state index contributed by atoms with van der Waals surface area (Å²) in [7, 11) is 0. The van der Waals surface area contributed by atoms with Crippen LogP contribution in [0.5, 0.6) is 5.75 Å². The number of halogens is 4. The third-order valence-corrected chi connectivity index (χ3v) is 3.15. The lowest BCUT2D eigenvalue weighted by Crippen LogP contribution is -2.10. The molecule has 0 unspecified atom stereocenters. The Hall–Kier alpha value is -1.82. The van der Waals surface area contributed by atoms with E-state index in [9.17, 15) is 18.0 Å². The van der Waals surface area contributed by atoms with Crippen molar-refractivity contribution >= 4 is 21.7 Å². The van der Waals surface area contributed by atoms with Gasteiger partial charge in [0.2, 0.25) is 0 Å². The first-order valence-corrected chi connectivity index (χ1v) is 6.77. The molecule has 2 nitrogen and oxygen atoms in total. The largest absolute Gasteiger partial charge is 0.434 e. The zero-order valence-electron chi connectivity index (χ0n) is 10.7. The molecule has 0 aliphatic heterocycles. The van der Waals surface area contributed by atoms with Crippen molar-refractivity contribution in [1.29, 1.82) is 0 Å². The summed E-state index contributed by atoms with van der Waals surface area (Å²) in [6.45, 7) is -3.01. The van der Waals surface area contributed by atoms with Gasteiger partial charge in [-0.3, -0.25) is 4.79 Å². The number of ketones is 1. The predicted molar refractivity (Wildman–Crippen MR) is 75.2 cm³/mol. The molecule has 0 aromatic heterocycles. The van der Waals surface area contributed by atoms with E-state index in [0.29, 0.717) is 10.0 Å². The summed E-state index contributed by atoms with van der Waals surface area (Å²) < 4.78 is 42.7. The van der Waals surface area contributed by atoms with Crippen molar-refractivity contribution in [2.45, 2.75) is 13.0 Å². The molecular formula is C15H10BrF3O2. The first-order valence-electron chi connectivity index (χ1n) is 5.97. The monoisotopic (exact) mass is 358 g/mol.